The SMILES string of the molecule is COc1cccc(C(F)(F)COCCCCCCNCC(O)C2(CO)C=CC=CC2O)c1. The van der Waals surface area contributed by atoms with Gasteiger partial charge in [-0.05, 0) is 31.5 Å². The van der Waals surface area contributed by atoms with Gasteiger partial charge in [0.1, 0.15) is 12.4 Å². The van der Waals surface area contributed by atoms with E-state index in [1.54, 1.807) is 30.4 Å². The standard InChI is InChI=1S/C24H35F2NO5/c1-31-20-10-8-9-19(15-20)24(25,26)18-32-14-7-3-2-6-13-27-16-22(30)23(17-28)12-5-4-11-21(23)29/h4-5,8-12,15,21-22,27-30H,2-3,6-7,13-14,16-18H2,1H3. The van der Waals surface area contributed by atoms with E-state index < -0.39 is 30.2 Å². The highest BCUT2D eigenvalue weighted by atomic mass is 19.3. The van der Waals surface area contributed by atoms with E-state index in [9.17, 15) is 24.1 Å². The molecule has 0 saturated carbocycles. The molecule has 180 valence electrons. The summed E-state index contributed by atoms with van der Waals surface area (Å²) in [5.41, 5.74) is -1.22. The number of benzene rings is 1. The summed E-state index contributed by atoms with van der Waals surface area (Å²) in [6.07, 6.45) is 8.01. The lowest BCUT2D eigenvalue weighted by Crippen LogP contribution is -2.50. The van der Waals surface area contributed by atoms with E-state index in [-0.39, 0.29) is 25.3 Å². The van der Waals surface area contributed by atoms with Crippen molar-refractivity contribution in [2.45, 2.75) is 43.8 Å². The maximum Gasteiger partial charge on any atom is 0.296 e. The fraction of sp³-hybridized carbons (Fsp3) is 0.583. The van der Waals surface area contributed by atoms with Gasteiger partial charge in [0.2, 0.25) is 0 Å². The zero-order chi connectivity index (χ0) is 23.5. The number of halogens is 2. The maximum absolute atomic E-state index is 14.2. The van der Waals surface area contributed by atoms with Crippen molar-refractivity contribution in [3.05, 3.63) is 54.1 Å². The van der Waals surface area contributed by atoms with Gasteiger partial charge in [-0.2, -0.15) is 8.78 Å². The van der Waals surface area contributed by atoms with Crippen LogP contribution < -0.4 is 10.1 Å². The Morgan fingerprint density at radius 1 is 1.19 bits per heavy atom. The van der Waals surface area contributed by atoms with Crippen molar-refractivity contribution < 1.29 is 33.6 Å². The Morgan fingerprint density at radius 2 is 1.97 bits per heavy atom. The molecule has 0 heterocycles. The van der Waals surface area contributed by atoms with Crippen LogP contribution in [0.3, 0.4) is 0 Å². The fourth-order valence-corrected chi connectivity index (χ4v) is 3.61. The molecule has 0 bridgehead atoms. The molecule has 0 aliphatic heterocycles. The van der Waals surface area contributed by atoms with Gasteiger partial charge in [0.15, 0.2) is 0 Å². The van der Waals surface area contributed by atoms with Gasteiger partial charge in [-0.1, -0.05) is 49.3 Å². The summed E-state index contributed by atoms with van der Waals surface area (Å²) in [5, 5.41) is 33.3. The van der Waals surface area contributed by atoms with E-state index >= 15 is 0 Å². The lowest BCUT2D eigenvalue weighted by molar-refractivity contribution is -0.0832. The van der Waals surface area contributed by atoms with Gasteiger partial charge in [0.05, 0.1) is 31.3 Å². The molecule has 1 aromatic carbocycles. The Bertz CT molecular complexity index is 743. The molecule has 0 saturated heterocycles. The highest BCUT2D eigenvalue weighted by Crippen LogP contribution is 2.32. The smallest absolute Gasteiger partial charge is 0.296 e. The van der Waals surface area contributed by atoms with E-state index in [4.69, 9.17) is 9.47 Å². The minimum Gasteiger partial charge on any atom is -0.497 e. The Kier molecular flexibility index (Phi) is 10.7. The van der Waals surface area contributed by atoms with E-state index in [2.05, 4.69) is 5.32 Å². The number of alkyl halides is 2. The molecule has 1 aliphatic carbocycles. The van der Waals surface area contributed by atoms with Crippen LogP contribution in [0.25, 0.3) is 0 Å². The predicted molar refractivity (Wildman–Crippen MR) is 119 cm³/mol. The summed E-state index contributed by atoms with van der Waals surface area (Å²) < 4.78 is 38.6. The first-order valence-corrected chi connectivity index (χ1v) is 11.0. The zero-order valence-electron chi connectivity index (χ0n) is 18.6. The van der Waals surface area contributed by atoms with Crippen LogP contribution >= 0.6 is 0 Å². The van der Waals surface area contributed by atoms with Crippen molar-refractivity contribution in [2.24, 2.45) is 5.41 Å². The molecule has 32 heavy (non-hydrogen) atoms. The zero-order valence-corrected chi connectivity index (χ0v) is 18.6. The van der Waals surface area contributed by atoms with E-state index in [1.165, 1.54) is 25.3 Å². The van der Waals surface area contributed by atoms with Crippen LogP contribution in [-0.2, 0) is 10.7 Å². The minimum absolute atomic E-state index is 0.125. The molecule has 2 rings (SSSR count). The number of allylic oxidation sites excluding steroid dienone is 2. The Labute approximate surface area is 188 Å². The highest BCUT2D eigenvalue weighted by molar-refractivity contribution is 5.31. The molecule has 1 aliphatic rings. The minimum atomic E-state index is -3.07. The molecule has 3 unspecified atom stereocenters. The second-order valence-corrected chi connectivity index (χ2v) is 8.08. The van der Waals surface area contributed by atoms with Crippen LogP contribution in [0, 0.1) is 5.41 Å². The number of hydrogen-bond donors (Lipinski definition) is 4. The van der Waals surface area contributed by atoms with Crippen LogP contribution in [0.2, 0.25) is 0 Å². The molecule has 3 atom stereocenters. The van der Waals surface area contributed by atoms with Crippen molar-refractivity contribution in [1.82, 2.24) is 5.32 Å². The average molecular weight is 456 g/mol. The van der Waals surface area contributed by atoms with Crippen molar-refractivity contribution in [3.8, 4) is 5.75 Å². The van der Waals surface area contributed by atoms with Crippen LogP contribution in [0.5, 0.6) is 5.75 Å². The second kappa shape index (κ2) is 13.0. The molecule has 6 nitrogen and oxygen atoms in total. The molecular weight excluding hydrogens is 420 g/mol. The molecule has 0 amide bonds. The Morgan fingerprint density at radius 3 is 2.69 bits per heavy atom. The number of aliphatic hydroxyl groups excluding tert-OH is 3. The third kappa shape index (κ3) is 7.35. The molecule has 4 N–H and O–H groups in total. The van der Waals surface area contributed by atoms with Gasteiger partial charge in [-0.3, -0.25) is 0 Å². The first-order chi connectivity index (χ1) is 15.4. The number of rotatable bonds is 15. The summed E-state index contributed by atoms with van der Waals surface area (Å²) in [6.45, 7) is 0.167. The van der Waals surface area contributed by atoms with Gasteiger partial charge in [0, 0.05) is 18.7 Å². The average Bonchev–Trinajstić information content (AvgIpc) is 2.80. The first kappa shape index (κ1) is 26.4. The molecule has 8 heteroatoms. The van der Waals surface area contributed by atoms with Gasteiger partial charge in [-0.25, -0.2) is 0 Å². The van der Waals surface area contributed by atoms with Crippen molar-refractivity contribution in [1.29, 1.82) is 0 Å². The summed E-state index contributed by atoms with van der Waals surface area (Å²) >= 11 is 0. The number of hydrogen-bond acceptors (Lipinski definition) is 6. The summed E-state index contributed by atoms with van der Waals surface area (Å²) in [4.78, 5) is 0. The fourth-order valence-electron chi connectivity index (χ4n) is 3.61. The van der Waals surface area contributed by atoms with E-state index in [0.29, 0.717) is 18.7 Å². The number of unbranched alkanes of at least 4 members (excludes halogenated alkanes) is 3. The third-order valence-electron chi connectivity index (χ3n) is 5.76. The van der Waals surface area contributed by atoms with Gasteiger partial charge in [-0.15, -0.1) is 0 Å². The quantitative estimate of drug-likeness (QED) is 0.304. The first-order valence-electron chi connectivity index (χ1n) is 11.0. The highest BCUT2D eigenvalue weighted by Gasteiger charge is 2.41. The van der Waals surface area contributed by atoms with E-state index in [0.717, 1.165) is 19.3 Å². The van der Waals surface area contributed by atoms with Gasteiger partial charge >= 0.3 is 0 Å². The van der Waals surface area contributed by atoms with Crippen molar-refractivity contribution in [2.75, 3.05) is 40.0 Å². The number of ether oxygens (including phenoxy) is 2. The Hall–Kier alpha value is -1.84. The van der Waals surface area contributed by atoms with Gasteiger partial charge in [0.25, 0.3) is 5.92 Å². The number of methoxy groups -OCH3 is 1. The lowest BCUT2D eigenvalue weighted by Gasteiger charge is -2.38. The van der Waals surface area contributed by atoms with Crippen LogP contribution in [0.15, 0.2) is 48.6 Å². The molecule has 0 fully saturated rings. The van der Waals surface area contributed by atoms with Gasteiger partial charge < -0.3 is 30.1 Å². The van der Waals surface area contributed by atoms with Crippen LogP contribution in [0.4, 0.5) is 8.78 Å². The monoisotopic (exact) mass is 455 g/mol. The molecule has 1 aromatic rings. The molecule has 0 radical (unpaired) electrons. The normalized spacial score (nSPS) is 21.6. The summed E-state index contributed by atoms with van der Waals surface area (Å²) in [7, 11) is 1.44. The van der Waals surface area contributed by atoms with E-state index in [1.807, 2.05) is 0 Å². The second-order valence-electron chi connectivity index (χ2n) is 8.08. The van der Waals surface area contributed by atoms with Crippen LogP contribution in [0.1, 0.15) is 31.2 Å². The summed E-state index contributed by atoms with van der Waals surface area (Å²) in [6, 6.07) is 5.83. The lowest BCUT2D eigenvalue weighted by atomic mass is 9.75. The third-order valence-corrected chi connectivity index (χ3v) is 5.76. The molecule has 0 aromatic heterocycles. The summed E-state index contributed by atoms with van der Waals surface area (Å²) in [5.74, 6) is -2.68. The topological polar surface area (TPSA) is 91.2 Å². The molecular formula is C24H35F2NO5. The van der Waals surface area contributed by atoms with Crippen molar-refractivity contribution in [3.63, 3.8) is 0 Å². The number of nitrogens with one attached hydrogen (secondary N) is 1. The Balaban J connectivity index is 1.54. The predicted octanol–water partition coefficient (Wildman–Crippen LogP) is 2.78. The van der Waals surface area contributed by atoms with Crippen LogP contribution in [-0.4, -0.2) is 67.5 Å². The largest absolute Gasteiger partial charge is 0.497 e. The number of aliphatic hydroxyl groups is 3. The molecule has 0 spiro atoms. The van der Waals surface area contributed by atoms with Crippen molar-refractivity contribution >= 4 is 0 Å². The maximum atomic E-state index is 14.2.